The number of pyridine rings is 1. The third kappa shape index (κ3) is 1.97. The molecule has 1 aliphatic heterocycles. The first-order chi connectivity index (χ1) is 9.16. The van der Waals surface area contributed by atoms with Crippen molar-refractivity contribution in [2.24, 2.45) is 0 Å². The van der Waals surface area contributed by atoms with Gasteiger partial charge in [0.15, 0.2) is 0 Å². The Kier molecular flexibility index (Phi) is 2.74. The smallest absolute Gasteiger partial charge is 0.341 e. The molecule has 0 amide bonds. The molecule has 1 aromatic heterocycles. The van der Waals surface area contributed by atoms with Crippen molar-refractivity contribution in [2.75, 3.05) is 18.0 Å². The van der Waals surface area contributed by atoms with Crippen molar-refractivity contribution in [2.45, 2.75) is 12.8 Å². The molecule has 1 fully saturated rings. The van der Waals surface area contributed by atoms with Gasteiger partial charge in [0.25, 0.3) is 0 Å². The Balaban J connectivity index is 2.12. The highest BCUT2D eigenvalue weighted by atomic mass is 16.4. The Bertz CT molecular complexity index is 699. The second-order valence-corrected chi connectivity index (χ2v) is 4.76. The number of anilines is 1. The summed E-state index contributed by atoms with van der Waals surface area (Å²) >= 11 is 0. The average molecular weight is 258 g/mol. The number of nitrogens with zero attached hydrogens (tertiary/aromatic N) is 1. The number of benzene rings is 1. The molecule has 0 bridgehead atoms. The highest BCUT2D eigenvalue weighted by molar-refractivity contribution is 5.93. The van der Waals surface area contributed by atoms with E-state index in [0.29, 0.717) is 10.9 Å². The zero-order chi connectivity index (χ0) is 13.4. The minimum Gasteiger partial charge on any atom is -0.477 e. The van der Waals surface area contributed by atoms with Crippen LogP contribution in [0.2, 0.25) is 0 Å². The lowest BCUT2D eigenvalue weighted by molar-refractivity contribution is 0.0695. The van der Waals surface area contributed by atoms with E-state index in [-0.39, 0.29) is 5.56 Å². The zero-order valence-electron chi connectivity index (χ0n) is 10.3. The number of H-pyrrole nitrogens is 1. The SMILES string of the molecule is O=C(O)c1c[nH]c2cc(N3CCCC3)ccc2c1=O. The molecule has 19 heavy (non-hydrogen) atoms. The Hall–Kier alpha value is -2.30. The van der Waals surface area contributed by atoms with Crippen molar-refractivity contribution >= 4 is 22.6 Å². The molecule has 1 saturated heterocycles. The van der Waals surface area contributed by atoms with Crippen LogP contribution >= 0.6 is 0 Å². The van der Waals surface area contributed by atoms with Gasteiger partial charge in [0.05, 0.1) is 5.52 Å². The van der Waals surface area contributed by atoms with Crippen molar-refractivity contribution in [3.8, 4) is 0 Å². The number of aromatic amines is 1. The van der Waals surface area contributed by atoms with Crippen LogP contribution in [0.1, 0.15) is 23.2 Å². The number of aromatic nitrogens is 1. The van der Waals surface area contributed by atoms with E-state index in [1.807, 2.05) is 12.1 Å². The van der Waals surface area contributed by atoms with E-state index in [4.69, 9.17) is 5.11 Å². The molecule has 2 heterocycles. The number of rotatable bonds is 2. The summed E-state index contributed by atoms with van der Waals surface area (Å²) in [6.45, 7) is 2.06. The summed E-state index contributed by atoms with van der Waals surface area (Å²) in [6, 6.07) is 5.50. The first-order valence-electron chi connectivity index (χ1n) is 6.30. The minimum atomic E-state index is -1.20. The molecule has 5 nitrogen and oxygen atoms in total. The number of carboxylic acid groups (broad SMARTS) is 1. The number of nitrogens with one attached hydrogen (secondary N) is 1. The van der Waals surface area contributed by atoms with Crippen LogP contribution in [-0.4, -0.2) is 29.1 Å². The van der Waals surface area contributed by atoms with E-state index in [2.05, 4.69) is 9.88 Å². The molecule has 5 heteroatoms. The Morgan fingerprint density at radius 3 is 2.68 bits per heavy atom. The van der Waals surface area contributed by atoms with Gasteiger partial charge in [-0.25, -0.2) is 4.79 Å². The van der Waals surface area contributed by atoms with Crippen LogP contribution in [0.3, 0.4) is 0 Å². The van der Waals surface area contributed by atoms with Crippen LogP contribution in [0.15, 0.2) is 29.2 Å². The molecule has 2 aromatic rings. The first-order valence-corrected chi connectivity index (χ1v) is 6.30. The highest BCUT2D eigenvalue weighted by Gasteiger charge is 2.15. The Morgan fingerprint density at radius 2 is 2.00 bits per heavy atom. The molecule has 3 rings (SSSR count). The zero-order valence-corrected chi connectivity index (χ0v) is 10.3. The summed E-state index contributed by atoms with van der Waals surface area (Å²) in [7, 11) is 0. The molecule has 0 unspecified atom stereocenters. The summed E-state index contributed by atoms with van der Waals surface area (Å²) < 4.78 is 0. The van der Waals surface area contributed by atoms with Crippen molar-refractivity contribution in [1.29, 1.82) is 0 Å². The topological polar surface area (TPSA) is 73.4 Å². The van der Waals surface area contributed by atoms with Crippen LogP contribution in [-0.2, 0) is 0 Å². The van der Waals surface area contributed by atoms with Crippen molar-refractivity contribution < 1.29 is 9.90 Å². The second kappa shape index (κ2) is 4.42. The van der Waals surface area contributed by atoms with E-state index in [1.165, 1.54) is 19.0 Å². The molecule has 2 N–H and O–H groups in total. The number of hydrogen-bond acceptors (Lipinski definition) is 3. The highest BCUT2D eigenvalue weighted by Crippen LogP contribution is 2.23. The molecule has 0 spiro atoms. The van der Waals surface area contributed by atoms with Gasteiger partial charge in [-0.05, 0) is 31.0 Å². The van der Waals surface area contributed by atoms with Crippen LogP contribution < -0.4 is 10.3 Å². The molecule has 0 saturated carbocycles. The van der Waals surface area contributed by atoms with Gasteiger partial charge in [0.1, 0.15) is 5.56 Å². The van der Waals surface area contributed by atoms with Crippen LogP contribution in [0.4, 0.5) is 5.69 Å². The van der Waals surface area contributed by atoms with Gasteiger partial charge >= 0.3 is 5.97 Å². The fourth-order valence-electron chi connectivity index (χ4n) is 2.54. The number of carbonyl (C=O) groups is 1. The number of carboxylic acids is 1. The molecule has 0 atom stereocenters. The lowest BCUT2D eigenvalue weighted by Crippen LogP contribution is -2.18. The summed E-state index contributed by atoms with van der Waals surface area (Å²) in [4.78, 5) is 28.1. The third-order valence-electron chi connectivity index (χ3n) is 3.57. The normalized spacial score (nSPS) is 15.1. The predicted molar refractivity (Wildman–Crippen MR) is 73.0 cm³/mol. The van der Waals surface area contributed by atoms with Gasteiger partial charge in [-0.2, -0.15) is 0 Å². The summed E-state index contributed by atoms with van der Waals surface area (Å²) in [5.41, 5.74) is 1.10. The minimum absolute atomic E-state index is 0.221. The van der Waals surface area contributed by atoms with Crippen LogP contribution in [0.5, 0.6) is 0 Å². The van der Waals surface area contributed by atoms with Crippen molar-refractivity contribution in [3.05, 3.63) is 40.2 Å². The van der Waals surface area contributed by atoms with Gasteiger partial charge in [0, 0.05) is 30.4 Å². The number of hydrogen-bond donors (Lipinski definition) is 2. The van der Waals surface area contributed by atoms with Crippen LogP contribution in [0.25, 0.3) is 10.9 Å². The number of fused-ring (bicyclic) bond motifs is 1. The van der Waals surface area contributed by atoms with E-state index in [9.17, 15) is 9.59 Å². The van der Waals surface area contributed by atoms with E-state index < -0.39 is 11.4 Å². The first kappa shape index (κ1) is 11.8. The Labute approximate surface area is 109 Å². The van der Waals surface area contributed by atoms with Gasteiger partial charge in [-0.15, -0.1) is 0 Å². The summed E-state index contributed by atoms with van der Waals surface area (Å²) in [6.07, 6.45) is 3.64. The van der Waals surface area contributed by atoms with E-state index in [1.54, 1.807) is 6.07 Å². The molecule has 98 valence electrons. The van der Waals surface area contributed by atoms with E-state index >= 15 is 0 Å². The molecular formula is C14H14N2O3. The maximum absolute atomic E-state index is 12.0. The maximum Gasteiger partial charge on any atom is 0.341 e. The molecular weight excluding hydrogens is 244 g/mol. The predicted octanol–water partition coefficient (Wildman–Crippen LogP) is 1.83. The lowest BCUT2D eigenvalue weighted by atomic mass is 10.1. The lowest BCUT2D eigenvalue weighted by Gasteiger charge is -2.17. The van der Waals surface area contributed by atoms with Gasteiger partial charge in [0.2, 0.25) is 5.43 Å². The van der Waals surface area contributed by atoms with Crippen molar-refractivity contribution in [3.63, 3.8) is 0 Å². The summed E-state index contributed by atoms with van der Waals surface area (Å²) in [5.74, 6) is -1.20. The number of aromatic carboxylic acids is 1. The fourth-order valence-corrected chi connectivity index (χ4v) is 2.54. The molecule has 0 aliphatic carbocycles. The van der Waals surface area contributed by atoms with Gasteiger partial charge < -0.3 is 15.0 Å². The quantitative estimate of drug-likeness (QED) is 0.861. The maximum atomic E-state index is 12.0. The van der Waals surface area contributed by atoms with Gasteiger partial charge in [-0.3, -0.25) is 4.79 Å². The van der Waals surface area contributed by atoms with E-state index in [0.717, 1.165) is 18.8 Å². The van der Waals surface area contributed by atoms with Crippen LogP contribution in [0, 0.1) is 0 Å². The fraction of sp³-hybridized carbons (Fsp3) is 0.286. The van der Waals surface area contributed by atoms with Crippen molar-refractivity contribution in [1.82, 2.24) is 4.98 Å². The largest absolute Gasteiger partial charge is 0.477 e. The second-order valence-electron chi connectivity index (χ2n) is 4.76. The molecule has 0 radical (unpaired) electrons. The molecule has 1 aromatic carbocycles. The third-order valence-corrected chi connectivity index (χ3v) is 3.57. The average Bonchev–Trinajstić information content (AvgIpc) is 2.92. The molecule has 1 aliphatic rings. The monoisotopic (exact) mass is 258 g/mol. The Morgan fingerprint density at radius 1 is 1.26 bits per heavy atom. The standard InChI is InChI=1S/C14H14N2O3/c17-13-10-4-3-9(16-5-1-2-6-16)7-12(10)15-8-11(13)14(18)19/h3-4,7-8H,1-2,5-6H2,(H,15,17)(H,18,19). The van der Waals surface area contributed by atoms with Gasteiger partial charge in [-0.1, -0.05) is 0 Å². The summed E-state index contributed by atoms with van der Waals surface area (Å²) in [5, 5.41) is 9.34.